The highest BCUT2D eigenvalue weighted by Gasteiger charge is 2.59. The lowest BCUT2D eigenvalue weighted by Crippen LogP contribution is -2.28. The van der Waals surface area contributed by atoms with Crippen molar-refractivity contribution in [3.63, 3.8) is 0 Å². The standard InChI is InChI=1S/C19H14ClN3O5/c1-2-5-28-17-13(20)6-10(7-14(17)23(26)27)9-21-22-18(24)15-11-3-4-12(8-11)16(15)19(22)25/h1,3-4,6-7,9,11-12,15-16H,5,8H2. The van der Waals surface area contributed by atoms with Crippen molar-refractivity contribution in [1.82, 2.24) is 5.01 Å². The van der Waals surface area contributed by atoms with E-state index in [4.69, 9.17) is 22.8 Å². The van der Waals surface area contributed by atoms with Crippen LogP contribution in [0.15, 0.2) is 29.4 Å². The number of hydrazone groups is 1. The molecule has 1 aliphatic heterocycles. The number of imide groups is 1. The summed E-state index contributed by atoms with van der Waals surface area (Å²) in [6.45, 7) is -0.177. The third-order valence-corrected chi connectivity index (χ3v) is 5.59. The molecule has 1 aromatic rings. The predicted molar refractivity (Wildman–Crippen MR) is 99.6 cm³/mol. The van der Waals surface area contributed by atoms with Crippen molar-refractivity contribution >= 4 is 35.3 Å². The molecule has 2 amide bonds. The topological polar surface area (TPSA) is 102 Å². The van der Waals surface area contributed by atoms with Gasteiger partial charge in [-0.1, -0.05) is 29.7 Å². The zero-order chi connectivity index (χ0) is 20.0. The van der Waals surface area contributed by atoms with Crippen molar-refractivity contribution in [3.05, 3.63) is 45.0 Å². The number of amides is 2. The van der Waals surface area contributed by atoms with Gasteiger partial charge in [0.15, 0.2) is 0 Å². The molecule has 9 heteroatoms. The summed E-state index contributed by atoms with van der Waals surface area (Å²) >= 11 is 6.08. The lowest BCUT2D eigenvalue weighted by molar-refractivity contribution is -0.385. The van der Waals surface area contributed by atoms with Crippen LogP contribution in [0.25, 0.3) is 0 Å². The normalized spacial score (nSPS) is 27.5. The third kappa shape index (κ3) is 2.75. The summed E-state index contributed by atoms with van der Waals surface area (Å²) < 4.78 is 5.15. The van der Waals surface area contributed by atoms with Crippen molar-refractivity contribution in [2.45, 2.75) is 6.42 Å². The first-order valence-electron chi connectivity index (χ1n) is 8.56. The van der Waals surface area contributed by atoms with Crippen LogP contribution in [0, 0.1) is 46.1 Å². The first-order valence-corrected chi connectivity index (χ1v) is 8.94. The molecule has 4 unspecified atom stereocenters. The number of halogens is 1. The van der Waals surface area contributed by atoms with Crippen LogP contribution in [0.2, 0.25) is 5.02 Å². The van der Waals surface area contributed by atoms with E-state index in [0.29, 0.717) is 0 Å². The van der Waals surface area contributed by atoms with E-state index in [1.165, 1.54) is 18.3 Å². The van der Waals surface area contributed by atoms with Crippen LogP contribution in [0.5, 0.6) is 5.75 Å². The summed E-state index contributed by atoms with van der Waals surface area (Å²) in [7, 11) is 0. The summed E-state index contributed by atoms with van der Waals surface area (Å²) in [4.78, 5) is 35.9. The molecule has 0 aromatic heterocycles. The van der Waals surface area contributed by atoms with Crippen LogP contribution in [-0.2, 0) is 9.59 Å². The van der Waals surface area contributed by atoms with Crippen LogP contribution in [0.1, 0.15) is 12.0 Å². The summed E-state index contributed by atoms with van der Waals surface area (Å²) in [5.41, 5.74) is -0.133. The molecule has 2 aliphatic carbocycles. The minimum absolute atomic E-state index is 0.0240. The zero-order valence-corrected chi connectivity index (χ0v) is 15.2. The van der Waals surface area contributed by atoms with Crippen LogP contribution in [0.3, 0.4) is 0 Å². The van der Waals surface area contributed by atoms with Gasteiger partial charge in [-0.2, -0.15) is 10.1 Å². The number of carbonyl (C=O) groups is 2. The Morgan fingerprint density at radius 3 is 2.54 bits per heavy atom. The molecular weight excluding hydrogens is 386 g/mol. The second kappa shape index (κ2) is 6.77. The number of nitro benzene ring substituents is 1. The summed E-state index contributed by atoms with van der Waals surface area (Å²) in [5.74, 6) is 0.823. The molecule has 1 heterocycles. The first-order chi connectivity index (χ1) is 13.4. The molecule has 2 fully saturated rings. The maximum Gasteiger partial charge on any atom is 0.313 e. The van der Waals surface area contributed by atoms with E-state index in [0.717, 1.165) is 11.4 Å². The van der Waals surface area contributed by atoms with Gasteiger partial charge in [-0.15, -0.1) is 6.42 Å². The molecule has 1 aromatic carbocycles. The minimum Gasteiger partial charge on any atom is -0.473 e. The van der Waals surface area contributed by atoms with E-state index >= 15 is 0 Å². The van der Waals surface area contributed by atoms with Crippen LogP contribution in [-0.4, -0.2) is 34.6 Å². The van der Waals surface area contributed by atoms with Gasteiger partial charge in [-0.3, -0.25) is 19.7 Å². The molecule has 0 N–H and O–H groups in total. The fourth-order valence-electron chi connectivity index (χ4n) is 4.19. The molecule has 1 saturated carbocycles. The number of hydrogen-bond acceptors (Lipinski definition) is 6. The fraction of sp³-hybridized carbons (Fsp3) is 0.316. The molecular formula is C19H14ClN3O5. The van der Waals surface area contributed by atoms with Gasteiger partial charge in [0.25, 0.3) is 11.8 Å². The van der Waals surface area contributed by atoms with E-state index in [9.17, 15) is 19.7 Å². The van der Waals surface area contributed by atoms with E-state index in [-0.39, 0.29) is 64.1 Å². The Kier molecular flexibility index (Phi) is 4.40. The van der Waals surface area contributed by atoms with E-state index in [1.54, 1.807) is 0 Å². The van der Waals surface area contributed by atoms with Gasteiger partial charge in [0.1, 0.15) is 6.61 Å². The van der Waals surface area contributed by atoms with Gasteiger partial charge in [-0.05, 0) is 24.3 Å². The fourth-order valence-corrected chi connectivity index (χ4v) is 4.47. The number of ether oxygens (including phenoxy) is 1. The van der Waals surface area contributed by atoms with Gasteiger partial charge in [-0.25, -0.2) is 0 Å². The molecule has 4 atom stereocenters. The number of hydrogen-bond donors (Lipinski definition) is 0. The molecule has 0 spiro atoms. The van der Waals surface area contributed by atoms with Gasteiger partial charge in [0.05, 0.1) is 28.0 Å². The largest absolute Gasteiger partial charge is 0.473 e. The highest BCUT2D eigenvalue weighted by atomic mass is 35.5. The van der Waals surface area contributed by atoms with Crippen molar-refractivity contribution in [3.8, 4) is 18.1 Å². The van der Waals surface area contributed by atoms with E-state index < -0.39 is 4.92 Å². The molecule has 0 radical (unpaired) electrons. The van der Waals surface area contributed by atoms with Crippen molar-refractivity contribution in [2.75, 3.05) is 6.61 Å². The molecule has 3 aliphatic rings. The Bertz CT molecular complexity index is 966. The predicted octanol–water partition coefficient (Wildman–Crippen LogP) is 2.40. The van der Waals surface area contributed by atoms with Crippen LogP contribution in [0.4, 0.5) is 5.69 Å². The number of fused-ring (bicyclic) bond motifs is 5. The van der Waals surface area contributed by atoms with Gasteiger partial charge in [0, 0.05) is 11.6 Å². The molecule has 142 valence electrons. The van der Waals surface area contributed by atoms with Crippen LogP contribution < -0.4 is 4.74 Å². The molecule has 1 saturated heterocycles. The second-order valence-corrected chi connectivity index (χ2v) is 7.24. The Labute approximate surface area is 164 Å². The van der Waals surface area contributed by atoms with E-state index in [2.05, 4.69) is 11.0 Å². The third-order valence-electron chi connectivity index (χ3n) is 5.31. The summed E-state index contributed by atoms with van der Waals surface area (Å²) in [6, 6.07) is 2.58. The maximum atomic E-state index is 12.6. The molecule has 2 bridgehead atoms. The number of carbonyl (C=O) groups excluding carboxylic acids is 2. The number of nitro groups is 1. The Balaban J connectivity index is 1.60. The number of allylic oxidation sites excluding steroid dienone is 2. The maximum absolute atomic E-state index is 12.6. The number of rotatable bonds is 5. The van der Waals surface area contributed by atoms with Gasteiger partial charge < -0.3 is 4.74 Å². The second-order valence-electron chi connectivity index (χ2n) is 6.83. The quantitative estimate of drug-likeness (QED) is 0.189. The van der Waals surface area contributed by atoms with Crippen LogP contribution >= 0.6 is 11.6 Å². The van der Waals surface area contributed by atoms with Crippen molar-refractivity contribution < 1.29 is 19.2 Å². The minimum atomic E-state index is -0.658. The highest BCUT2D eigenvalue weighted by molar-refractivity contribution is 6.32. The average Bonchev–Trinajstić information content (AvgIpc) is 3.33. The average molecular weight is 400 g/mol. The Morgan fingerprint density at radius 2 is 1.96 bits per heavy atom. The molecule has 8 nitrogen and oxygen atoms in total. The zero-order valence-electron chi connectivity index (χ0n) is 14.4. The highest BCUT2D eigenvalue weighted by Crippen LogP contribution is 2.52. The monoisotopic (exact) mass is 399 g/mol. The number of terminal acetylenes is 1. The summed E-state index contributed by atoms with van der Waals surface area (Å²) in [5, 5.41) is 16.1. The van der Waals surface area contributed by atoms with Crippen molar-refractivity contribution in [2.24, 2.45) is 28.8 Å². The van der Waals surface area contributed by atoms with E-state index in [1.807, 2.05) is 12.2 Å². The SMILES string of the molecule is C#CCOc1c(Cl)cc(C=NN2C(=O)C3C4C=CC(C4)C3C2=O)cc1[N+](=O)[O-]. The smallest absolute Gasteiger partial charge is 0.313 e. The Morgan fingerprint density at radius 1 is 1.32 bits per heavy atom. The van der Waals surface area contributed by atoms with Gasteiger partial charge in [0.2, 0.25) is 5.75 Å². The Hall–Kier alpha value is -3.18. The lowest BCUT2D eigenvalue weighted by atomic mass is 9.85. The number of benzene rings is 1. The number of nitrogens with zero attached hydrogens (tertiary/aromatic N) is 3. The summed E-state index contributed by atoms with van der Waals surface area (Å²) in [6.07, 6.45) is 11.1. The van der Waals surface area contributed by atoms with Gasteiger partial charge >= 0.3 is 5.69 Å². The first kappa shape index (κ1) is 18.2. The molecule has 28 heavy (non-hydrogen) atoms. The molecule has 4 rings (SSSR count). The van der Waals surface area contributed by atoms with Crippen molar-refractivity contribution in [1.29, 1.82) is 0 Å². The lowest BCUT2D eigenvalue weighted by Gasteiger charge is -2.13.